The Bertz CT molecular complexity index is 717. The van der Waals surface area contributed by atoms with Gasteiger partial charge in [0.25, 0.3) is 5.91 Å². The number of nitrogens with one attached hydrogen (secondary N) is 1. The molecule has 2 N–H and O–H groups in total. The number of esters is 1. The Hall–Kier alpha value is -2.08. The van der Waals surface area contributed by atoms with Crippen LogP contribution in [0.25, 0.3) is 0 Å². The number of hydrogen-bond acceptors (Lipinski definition) is 4. The van der Waals surface area contributed by atoms with Crippen LogP contribution < -0.4 is 5.32 Å². The van der Waals surface area contributed by atoms with Gasteiger partial charge in [0.2, 0.25) is 0 Å². The maximum Gasteiger partial charge on any atom is 0.338 e. The van der Waals surface area contributed by atoms with E-state index in [0.29, 0.717) is 16.3 Å². The summed E-state index contributed by atoms with van der Waals surface area (Å²) in [6, 6.07) is 11.0. The van der Waals surface area contributed by atoms with Crippen LogP contribution in [0.2, 0.25) is 10.0 Å². The molecule has 0 heterocycles. The summed E-state index contributed by atoms with van der Waals surface area (Å²) in [6.07, 6.45) is 0. The van der Waals surface area contributed by atoms with Gasteiger partial charge in [0.1, 0.15) is 0 Å². The van der Waals surface area contributed by atoms with Crippen molar-refractivity contribution in [3.8, 4) is 0 Å². The number of amides is 1. The van der Waals surface area contributed by atoms with Crippen LogP contribution in [0, 0.1) is 0 Å². The first-order chi connectivity index (χ1) is 11.0. The SMILES string of the molecule is O=C(COC(=O)c1ccc(CO)cc1)Nc1cccc(Cl)c1Cl. The van der Waals surface area contributed by atoms with Crippen molar-refractivity contribution in [2.75, 3.05) is 11.9 Å². The zero-order valence-corrected chi connectivity index (χ0v) is 13.4. The lowest BCUT2D eigenvalue weighted by Crippen LogP contribution is -2.21. The fourth-order valence-electron chi connectivity index (χ4n) is 1.75. The first-order valence-corrected chi connectivity index (χ1v) is 7.37. The topological polar surface area (TPSA) is 75.6 Å². The summed E-state index contributed by atoms with van der Waals surface area (Å²) in [5, 5.41) is 12.0. The van der Waals surface area contributed by atoms with Gasteiger partial charge in [-0.3, -0.25) is 4.79 Å². The lowest BCUT2D eigenvalue weighted by molar-refractivity contribution is -0.119. The molecule has 7 heteroatoms. The molecule has 120 valence electrons. The molecule has 5 nitrogen and oxygen atoms in total. The predicted octanol–water partition coefficient (Wildman–Crippen LogP) is 3.28. The highest BCUT2D eigenvalue weighted by Gasteiger charge is 2.12. The molecule has 2 rings (SSSR count). The van der Waals surface area contributed by atoms with Crippen LogP contribution in [0.4, 0.5) is 5.69 Å². The molecule has 2 aromatic carbocycles. The number of aliphatic hydroxyl groups is 1. The van der Waals surface area contributed by atoms with Crippen LogP contribution in [0.3, 0.4) is 0 Å². The van der Waals surface area contributed by atoms with Crippen molar-refractivity contribution < 1.29 is 19.4 Å². The molecule has 0 aliphatic carbocycles. The highest BCUT2D eigenvalue weighted by molar-refractivity contribution is 6.44. The standard InChI is InChI=1S/C16H13Cl2NO4/c17-12-2-1-3-13(15(12)18)19-14(21)9-23-16(22)11-6-4-10(8-20)5-7-11/h1-7,20H,8-9H2,(H,19,21). The molecule has 0 bridgehead atoms. The molecule has 0 atom stereocenters. The number of carbonyl (C=O) groups excluding carboxylic acids is 2. The number of rotatable bonds is 5. The number of aliphatic hydroxyl groups excluding tert-OH is 1. The van der Waals surface area contributed by atoms with Crippen LogP contribution >= 0.6 is 23.2 Å². The van der Waals surface area contributed by atoms with Crippen LogP contribution in [-0.2, 0) is 16.1 Å². The normalized spacial score (nSPS) is 10.2. The lowest BCUT2D eigenvalue weighted by Gasteiger charge is -2.09. The van der Waals surface area contributed by atoms with Crippen molar-refractivity contribution in [3.63, 3.8) is 0 Å². The van der Waals surface area contributed by atoms with E-state index in [4.69, 9.17) is 33.0 Å². The molecule has 0 fully saturated rings. The Balaban J connectivity index is 1.90. The van der Waals surface area contributed by atoms with Gasteiger partial charge in [-0.05, 0) is 29.8 Å². The van der Waals surface area contributed by atoms with E-state index in [1.165, 1.54) is 12.1 Å². The fourth-order valence-corrected chi connectivity index (χ4v) is 2.10. The Kier molecular flexibility index (Phi) is 5.98. The third kappa shape index (κ3) is 4.69. The van der Waals surface area contributed by atoms with Gasteiger partial charge in [-0.2, -0.15) is 0 Å². The van der Waals surface area contributed by atoms with Crippen LogP contribution in [0.15, 0.2) is 42.5 Å². The number of hydrogen-bond donors (Lipinski definition) is 2. The molecule has 0 saturated heterocycles. The number of anilines is 1. The summed E-state index contributed by atoms with van der Waals surface area (Å²) in [7, 11) is 0. The first kappa shape index (κ1) is 17.3. The minimum absolute atomic E-state index is 0.113. The predicted molar refractivity (Wildman–Crippen MR) is 87.7 cm³/mol. The van der Waals surface area contributed by atoms with E-state index in [1.807, 2.05) is 0 Å². The maximum absolute atomic E-state index is 11.8. The Labute approximate surface area is 142 Å². The second-order valence-corrected chi connectivity index (χ2v) is 5.37. The second kappa shape index (κ2) is 7.97. The Morgan fingerprint density at radius 2 is 1.78 bits per heavy atom. The molecule has 0 aliphatic heterocycles. The number of halogens is 2. The molecule has 0 radical (unpaired) electrons. The average Bonchev–Trinajstić information content (AvgIpc) is 2.57. The van der Waals surface area contributed by atoms with E-state index in [-0.39, 0.29) is 17.2 Å². The van der Waals surface area contributed by atoms with E-state index in [1.54, 1.807) is 30.3 Å². The summed E-state index contributed by atoms with van der Waals surface area (Å²) in [4.78, 5) is 23.6. The van der Waals surface area contributed by atoms with E-state index >= 15 is 0 Å². The Morgan fingerprint density at radius 3 is 2.43 bits per heavy atom. The molecule has 0 spiro atoms. The molecule has 0 aliphatic rings. The maximum atomic E-state index is 11.8. The zero-order valence-electron chi connectivity index (χ0n) is 11.9. The summed E-state index contributed by atoms with van der Waals surface area (Å²) >= 11 is 11.8. The third-order valence-electron chi connectivity index (χ3n) is 2.93. The molecule has 0 aromatic heterocycles. The number of ether oxygens (including phenoxy) is 1. The summed E-state index contributed by atoms with van der Waals surface area (Å²) in [5.74, 6) is -1.17. The first-order valence-electron chi connectivity index (χ1n) is 6.62. The minimum Gasteiger partial charge on any atom is -0.452 e. The largest absolute Gasteiger partial charge is 0.452 e. The van der Waals surface area contributed by atoms with Gasteiger partial charge < -0.3 is 15.2 Å². The lowest BCUT2D eigenvalue weighted by atomic mass is 10.1. The molecule has 0 unspecified atom stereocenters. The van der Waals surface area contributed by atoms with Gasteiger partial charge in [-0.15, -0.1) is 0 Å². The van der Waals surface area contributed by atoms with Crippen molar-refractivity contribution in [1.82, 2.24) is 0 Å². The number of carbonyl (C=O) groups is 2. The molecule has 2 aromatic rings. The van der Waals surface area contributed by atoms with Crippen molar-refractivity contribution in [2.45, 2.75) is 6.61 Å². The highest BCUT2D eigenvalue weighted by atomic mass is 35.5. The summed E-state index contributed by atoms with van der Waals surface area (Å²) in [5.41, 5.74) is 1.30. The van der Waals surface area contributed by atoms with Crippen molar-refractivity contribution in [1.29, 1.82) is 0 Å². The van der Waals surface area contributed by atoms with Crippen LogP contribution in [0.1, 0.15) is 15.9 Å². The van der Waals surface area contributed by atoms with Gasteiger partial charge >= 0.3 is 5.97 Å². The van der Waals surface area contributed by atoms with Gasteiger partial charge in [-0.25, -0.2) is 4.79 Å². The van der Waals surface area contributed by atoms with Gasteiger partial charge in [0.05, 0.1) is 27.9 Å². The minimum atomic E-state index is -0.637. The van der Waals surface area contributed by atoms with Gasteiger partial charge in [-0.1, -0.05) is 41.4 Å². The van der Waals surface area contributed by atoms with Crippen LogP contribution in [0.5, 0.6) is 0 Å². The Morgan fingerprint density at radius 1 is 1.09 bits per heavy atom. The monoisotopic (exact) mass is 353 g/mol. The summed E-state index contributed by atoms with van der Waals surface area (Å²) in [6.45, 7) is -0.568. The van der Waals surface area contributed by atoms with Crippen molar-refractivity contribution in [3.05, 3.63) is 63.6 Å². The van der Waals surface area contributed by atoms with Crippen molar-refractivity contribution in [2.24, 2.45) is 0 Å². The second-order valence-electron chi connectivity index (χ2n) is 4.58. The van der Waals surface area contributed by atoms with Crippen LogP contribution in [-0.4, -0.2) is 23.6 Å². The highest BCUT2D eigenvalue weighted by Crippen LogP contribution is 2.29. The zero-order chi connectivity index (χ0) is 16.8. The number of benzene rings is 2. The summed E-state index contributed by atoms with van der Waals surface area (Å²) < 4.78 is 4.92. The molecule has 1 amide bonds. The van der Waals surface area contributed by atoms with Gasteiger partial charge in [0.15, 0.2) is 6.61 Å². The third-order valence-corrected chi connectivity index (χ3v) is 3.75. The molecular weight excluding hydrogens is 341 g/mol. The quantitative estimate of drug-likeness (QED) is 0.808. The smallest absolute Gasteiger partial charge is 0.338 e. The molecule has 0 saturated carbocycles. The van der Waals surface area contributed by atoms with E-state index in [2.05, 4.69) is 5.32 Å². The average molecular weight is 354 g/mol. The fraction of sp³-hybridized carbons (Fsp3) is 0.125. The van der Waals surface area contributed by atoms with Gasteiger partial charge in [0, 0.05) is 0 Å². The van der Waals surface area contributed by atoms with E-state index in [9.17, 15) is 9.59 Å². The molecule has 23 heavy (non-hydrogen) atoms. The van der Waals surface area contributed by atoms with E-state index < -0.39 is 18.5 Å². The van der Waals surface area contributed by atoms with Crippen molar-refractivity contribution >= 4 is 40.8 Å². The molecular formula is C16H13Cl2NO4. The van der Waals surface area contributed by atoms with E-state index in [0.717, 1.165) is 0 Å².